The van der Waals surface area contributed by atoms with Crippen LogP contribution in [-0.4, -0.2) is 28.6 Å². The van der Waals surface area contributed by atoms with E-state index < -0.39 is 0 Å². The van der Waals surface area contributed by atoms with Gasteiger partial charge in [0, 0.05) is 6.20 Å². The molecule has 2 N–H and O–H groups in total. The summed E-state index contributed by atoms with van der Waals surface area (Å²) in [5.74, 6) is 0.526. The molecule has 1 aromatic rings. The number of amides is 1. The topological polar surface area (TPSA) is 67.0 Å². The van der Waals surface area contributed by atoms with Gasteiger partial charge in [-0.3, -0.25) is 4.79 Å². The summed E-state index contributed by atoms with van der Waals surface area (Å²) in [7, 11) is 0. The standard InChI is InChI=1S/C17H27N3O2/c1-13(2)17(3)7-4-5-15(9-17)22-11-16(21)19-8-6-14-10-18-12-20-14/h6,8,10,12-13,15H,4-5,7,9,11H2,1-3H3,(H,18,20)(H,19,21). The molecule has 1 fully saturated rings. The summed E-state index contributed by atoms with van der Waals surface area (Å²) < 4.78 is 5.81. The summed E-state index contributed by atoms with van der Waals surface area (Å²) in [6.07, 6.45) is 11.4. The normalized spacial score (nSPS) is 25.7. The smallest absolute Gasteiger partial charge is 0.249 e. The molecule has 2 unspecified atom stereocenters. The maximum atomic E-state index is 11.8. The minimum atomic E-state index is -0.118. The molecule has 22 heavy (non-hydrogen) atoms. The molecule has 1 aliphatic rings. The molecular formula is C17H27N3O2. The molecule has 0 saturated heterocycles. The zero-order valence-electron chi connectivity index (χ0n) is 13.8. The molecule has 0 aliphatic heterocycles. The fourth-order valence-corrected chi connectivity index (χ4v) is 2.94. The van der Waals surface area contributed by atoms with E-state index in [4.69, 9.17) is 4.74 Å². The number of nitrogens with zero attached hydrogens (tertiary/aromatic N) is 1. The zero-order chi connectivity index (χ0) is 16.0. The SMILES string of the molecule is CC(C)C1(C)CCCC(OCC(=O)NC=Cc2cnc[nH]2)C1. The highest BCUT2D eigenvalue weighted by Crippen LogP contribution is 2.42. The third-order valence-electron chi connectivity index (χ3n) is 4.84. The Bertz CT molecular complexity index is 496. The second-order valence-corrected chi connectivity index (χ2v) is 6.75. The molecule has 1 saturated carbocycles. The van der Waals surface area contributed by atoms with Crippen LogP contribution in [0.5, 0.6) is 0 Å². The number of hydrogen-bond donors (Lipinski definition) is 2. The van der Waals surface area contributed by atoms with Crippen LogP contribution >= 0.6 is 0 Å². The Morgan fingerprint density at radius 1 is 1.64 bits per heavy atom. The lowest BCUT2D eigenvalue weighted by Gasteiger charge is -2.41. The van der Waals surface area contributed by atoms with Gasteiger partial charge < -0.3 is 15.0 Å². The van der Waals surface area contributed by atoms with Gasteiger partial charge in [0.25, 0.3) is 0 Å². The minimum absolute atomic E-state index is 0.117. The first-order valence-corrected chi connectivity index (χ1v) is 8.05. The summed E-state index contributed by atoms with van der Waals surface area (Å²) in [5, 5.41) is 2.71. The lowest BCUT2D eigenvalue weighted by atomic mass is 9.67. The van der Waals surface area contributed by atoms with Gasteiger partial charge in [-0.25, -0.2) is 4.98 Å². The fraction of sp³-hybridized carbons (Fsp3) is 0.647. The molecule has 0 radical (unpaired) electrons. The fourth-order valence-electron chi connectivity index (χ4n) is 2.94. The molecule has 5 nitrogen and oxygen atoms in total. The highest BCUT2D eigenvalue weighted by molar-refractivity contribution is 5.78. The van der Waals surface area contributed by atoms with Gasteiger partial charge in [-0.2, -0.15) is 0 Å². The van der Waals surface area contributed by atoms with E-state index in [-0.39, 0.29) is 18.6 Å². The van der Waals surface area contributed by atoms with Gasteiger partial charge in [-0.05, 0) is 36.7 Å². The highest BCUT2D eigenvalue weighted by atomic mass is 16.5. The predicted molar refractivity (Wildman–Crippen MR) is 86.9 cm³/mol. The Kier molecular flexibility index (Phi) is 5.77. The molecule has 2 rings (SSSR count). The number of aromatic amines is 1. The predicted octanol–water partition coefficient (Wildman–Crippen LogP) is 3.12. The summed E-state index contributed by atoms with van der Waals surface area (Å²) in [6, 6.07) is 0. The molecule has 1 heterocycles. The van der Waals surface area contributed by atoms with Gasteiger partial charge in [-0.15, -0.1) is 0 Å². The van der Waals surface area contributed by atoms with Crippen LogP contribution in [0, 0.1) is 11.3 Å². The second kappa shape index (κ2) is 7.58. The lowest BCUT2D eigenvalue weighted by Crippen LogP contribution is -2.36. The Labute approximate surface area is 132 Å². The molecule has 2 atom stereocenters. The summed E-state index contributed by atoms with van der Waals surface area (Å²) in [5.41, 5.74) is 1.18. The number of nitrogens with one attached hydrogen (secondary N) is 2. The Morgan fingerprint density at radius 2 is 2.45 bits per heavy atom. The van der Waals surface area contributed by atoms with Gasteiger partial charge in [0.1, 0.15) is 6.61 Å². The van der Waals surface area contributed by atoms with Crippen molar-refractivity contribution < 1.29 is 9.53 Å². The molecule has 0 aromatic carbocycles. The van der Waals surface area contributed by atoms with E-state index in [0.717, 1.165) is 18.5 Å². The molecule has 0 bridgehead atoms. The summed E-state index contributed by atoms with van der Waals surface area (Å²) in [4.78, 5) is 18.6. The minimum Gasteiger partial charge on any atom is -0.368 e. The van der Waals surface area contributed by atoms with Crippen molar-refractivity contribution in [2.24, 2.45) is 11.3 Å². The first kappa shape index (κ1) is 16.7. The number of hydrogen-bond acceptors (Lipinski definition) is 3. The van der Waals surface area contributed by atoms with Crippen LogP contribution in [0.25, 0.3) is 6.08 Å². The van der Waals surface area contributed by atoms with Gasteiger partial charge in [0.15, 0.2) is 0 Å². The Morgan fingerprint density at radius 3 is 3.14 bits per heavy atom. The van der Waals surface area contributed by atoms with Crippen molar-refractivity contribution in [2.75, 3.05) is 6.61 Å². The van der Waals surface area contributed by atoms with Crippen molar-refractivity contribution in [3.05, 3.63) is 24.4 Å². The zero-order valence-corrected chi connectivity index (χ0v) is 13.8. The van der Waals surface area contributed by atoms with E-state index in [1.807, 2.05) is 0 Å². The third kappa shape index (κ3) is 4.70. The maximum Gasteiger partial charge on any atom is 0.249 e. The van der Waals surface area contributed by atoms with Crippen molar-refractivity contribution in [3.63, 3.8) is 0 Å². The van der Waals surface area contributed by atoms with E-state index in [1.54, 1.807) is 24.8 Å². The van der Waals surface area contributed by atoms with E-state index in [1.165, 1.54) is 12.8 Å². The van der Waals surface area contributed by atoms with Crippen molar-refractivity contribution in [3.8, 4) is 0 Å². The van der Waals surface area contributed by atoms with E-state index in [0.29, 0.717) is 11.3 Å². The molecular weight excluding hydrogens is 278 g/mol. The highest BCUT2D eigenvalue weighted by Gasteiger charge is 2.35. The second-order valence-electron chi connectivity index (χ2n) is 6.75. The van der Waals surface area contributed by atoms with Crippen molar-refractivity contribution in [1.29, 1.82) is 0 Å². The molecule has 0 spiro atoms. The average Bonchev–Trinajstić information content (AvgIpc) is 2.98. The van der Waals surface area contributed by atoms with Gasteiger partial charge in [0.05, 0.1) is 24.3 Å². The number of aromatic nitrogens is 2. The largest absolute Gasteiger partial charge is 0.368 e. The monoisotopic (exact) mass is 305 g/mol. The number of H-pyrrole nitrogens is 1. The molecule has 122 valence electrons. The molecule has 5 heteroatoms. The van der Waals surface area contributed by atoms with Crippen LogP contribution in [-0.2, 0) is 9.53 Å². The van der Waals surface area contributed by atoms with Gasteiger partial charge in [0.2, 0.25) is 5.91 Å². The first-order chi connectivity index (χ1) is 10.5. The third-order valence-corrected chi connectivity index (χ3v) is 4.84. The summed E-state index contributed by atoms with van der Waals surface area (Å²) in [6.45, 7) is 7.00. The molecule has 1 amide bonds. The maximum absolute atomic E-state index is 11.8. The van der Waals surface area contributed by atoms with Crippen molar-refractivity contribution in [1.82, 2.24) is 15.3 Å². The van der Waals surface area contributed by atoms with Gasteiger partial charge in [-0.1, -0.05) is 27.2 Å². The first-order valence-electron chi connectivity index (χ1n) is 8.05. The summed E-state index contributed by atoms with van der Waals surface area (Å²) >= 11 is 0. The Balaban J connectivity index is 1.72. The van der Waals surface area contributed by atoms with Crippen molar-refractivity contribution >= 4 is 12.0 Å². The number of rotatable bonds is 6. The van der Waals surface area contributed by atoms with E-state index in [2.05, 4.69) is 36.1 Å². The van der Waals surface area contributed by atoms with E-state index >= 15 is 0 Å². The van der Waals surface area contributed by atoms with Crippen LogP contribution in [0.2, 0.25) is 0 Å². The number of carbonyl (C=O) groups excluding carboxylic acids is 1. The average molecular weight is 305 g/mol. The van der Waals surface area contributed by atoms with Crippen molar-refractivity contribution in [2.45, 2.75) is 52.6 Å². The number of ether oxygens (including phenoxy) is 1. The van der Waals surface area contributed by atoms with Gasteiger partial charge >= 0.3 is 0 Å². The number of imidazole rings is 1. The number of carbonyl (C=O) groups is 1. The van der Waals surface area contributed by atoms with Crippen LogP contribution in [0.3, 0.4) is 0 Å². The Hall–Kier alpha value is -1.62. The molecule has 1 aromatic heterocycles. The van der Waals surface area contributed by atoms with Crippen LogP contribution in [0.1, 0.15) is 52.1 Å². The lowest BCUT2D eigenvalue weighted by molar-refractivity contribution is -0.128. The molecule has 1 aliphatic carbocycles. The van der Waals surface area contributed by atoms with Crippen LogP contribution in [0.4, 0.5) is 0 Å². The van der Waals surface area contributed by atoms with Crippen LogP contribution < -0.4 is 5.32 Å². The van der Waals surface area contributed by atoms with E-state index in [9.17, 15) is 4.79 Å². The quantitative estimate of drug-likeness (QED) is 0.848. The van der Waals surface area contributed by atoms with Crippen LogP contribution in [0.15, 0.2) is 18.7 Å².